The molecule has 0 aromatic heterocycles. The maximum absolute atomic E-state index is 9.59. The molecule has 74 valence electrons. The quantitative estimate of drug-likeness (QED) is 0.719. The molecule has 1 aliphatic rings. The molecule has 0 aliphatic heterocycles. The van der Waals surface area contributed by atoms with Gasteiger partial charge in [0.2, 0.25) is 0 Å². The lowest BCUT2D eigenvalue weighted by molar-refractivity contribution is 0.0555. The number of aliphatic hydroxyl groups is 1. The lowest BCUT2D eigenvalue weighted by Gasteiger charge is -2.29. The van der Waals surface area contributed by atoms with Gasteiger partial charge in [-0.2, -0.15) is 0 Å². The Bertz CT molecular complexity index is 119. The van der Waals surface area contributed by atoms with E-state index in [1.807, 2.05) is 0 Å². The van der Waals surface area contributed by atoms with Crippen LogP contribution in [0.15, 0.2) is 0 Å². The lowest BCUT2D eigenvalue weighted by atomic mass is 9.86. The van der Waals surface area contributed by atoms with Gasteiger partial charge in [-0.15, -0.1) is 12.4 Å². The third-order valence-corrected chi connectivity index (χ3v) is 2.47. The molecule has 0 radical (unpaired) electrons. The highest BCUT2D eigenvalue weighted by Gasteiger charge is 2.22. The van der Waals surface area contributed by atoms with Gasteiger partial charge in [0, 0.05) is 6.54 Å². The van der Waals surface area contributed by atoms with Crippen LogP contribution in [0.4, 0.5) is 0 Å². The summed E-state index contributed by atoms with van der Waals surface area (Å²) in [4.78, 5) is 2.17. The zero-order valence-electron chi connectivity index (χ0n) is 7.99. The molecule has 1 saturated carbocycles. The van der Waals surface area contributed by atoms with Crippen molar-refractivity contribution >= 4 is 12.4 Å². The number of halogens is 1. The molecule has 2 unspecified atom stereocenters. The predicted molar refractivity (Wildman–Crippen MR) is 53.8 cm³/mol. The minimum atomic E-state index is -0.0360. The van der Waals surface area contributed by atoms with Crippen LogP contribution >= 0.6 is 12.4 Å². The zero-order valence-corrected chi connectivity index (χ0v) is 8.81. The smallest absolute Gasteiger partial charge is 0.0580 e. The molecule has 3 heteroatoms. The fourth-order valence-electron chi connectivity index (χ4n) is 1.87. The summed E-state index contributed by atoms with van der Waals surface area (Å²) < 4.78 is 0. The second kappa shape index (κ2) is 5.79. The van der Waals surface area contributed by atoms with Crippen LogP contribution < -0.4 is 0 Å². The van der Waals surface area contributed by atoms with Crippen LogP contribution in [-0.4, -0.2) is 36.8 Å². The molecule has 0 amide bonds. The number of hydrogen-bond acceptors (Lipinski definition) is 2. The van der Waals surface area contributed by atoms with Crippen molar-refractivity contribution in [2.75, 3.05) is 20.6 Å². The molecule has 1 N–H and O–H groups in total. The molecule has 0 heterocycles. The maximum Gasteiger partial charge on any atom is 0.0580 e. The molecule has 0 bridgehead atoms. The Hall–Kier alpha value is 0.210. The predicted octanol–water partition coefficient (Wildman–Crippen LogP) is 1.52. The van der Waals surface area contributed by atoms with Crippen molar-refractivity contribution in [3.8, 4) is 0 Å². The molecule has 0 aromatic carbocycles. The first kappa shape index (κ1) is 12.2. The highest BCUT2D eigenvalue weighted by atomic mass is 35.5. The molecular weight excluding hydrogens is 174 g/mol. The number of aliphatic hydroxyl groups excluding tert-OH is 1. The van der Waals surface area contributed by atoms with Gasteiger partial charge in [-0.1, -0.05) is 12.8 Å². The Morgan fingerprint density at radius 3 is 2.33 bits per heavy atom. The zero-order chi connectivity index (χ0) is 8.27. The summed E-state index contributed by atoms with van der Waals surface area (Å²) in [6.45, 7) is 1.04. The summed E-state index contributed by atoms with van der Waals surface area (Å²) in [5, 5.41) is 9.59. The van der Waals surface area contributed by atoms with Crippen LogP contribution in [-0.2, 0) is 0 Å². The van der Waals surface area contributed by atoms with E-state index in [1.165, 1.54) is 19.3 Å². The summed E-state index contributed by atoms with van der Waals surface area (Å²) in [5.74, 6) is 0.527. The van der Waals surface area contributed by atoms with Gasteiger partial charge in [0.25, 0.3) is 0 Å². The normalized spacial score (nSPS) is 30.0. The first-order chi connectivity index (χ1) is 5.20. The monoisotopic (exact) mass is 193 g/mol. The van der Waals surface area contributed by atoms with Gasteiger partial charge in [0.15, 0.2) is 0 Å². The van der Waals surface area contributed by atoms with Gasteiger partial charge < -0.3 is 10.0 Å². The Balaban J connectivity index is 0.00000121. The highest BCUT2D eigenvalue weighted by molar-refractivity contribution is 5.85. The molecule has 1 fully saturated rings. The third kappa shape index (κ3) is 3.74. The molecular formula is C9H20ClNO. The van der Waals surface area contributed by atoms with E-state index in [-0.39, 0.29) is 18.5 Å². The van der Waals surface area contributed by atoms with Crippen molar-refractivity contribution in [2.45, 2.75) is 31.8 Å². The van der Waals surface area contributed by atoms with Crippen molar-refractivity contribution < 1.29 is 5.11 Å². The number of hydrogen-bond donors (Lipinski definition) is 1. The van der Waals surface area contributed by atoms with E-state index in [0.717, 1.165) is 13.0 Å². The van der Waals surface area contributed by atoms with Crippen LogP contribution in [0.3, 0.4) is 0 Å². The van der Waals surface area contributed by atoms with Gasteiger partial charge in [-0.05, 0) is 32.9 Å². The summed E-state index contributed by atoms with van der Waals surface area (Å²) in [6, 6.07) is 0. The van der Waals surface area contributed by atoms with E-state index < -0.39 is 0 Å². The fraction of sp³-hybridized carbons (Fsp3) is 1.00. The van der Waals surface area contributed by atoms with Gasteiger partial charge in [0.05, 0.1) is 6.10 Å². The fourth-order valence-corrected chi connectivity index (χ4v) is 1.87. The van der Waals surface area contributed by atoms with Crippen LogP contribution in [0, 0.1) is 5.92 Å². The Morgan fingerprint density at radius 2 is 1.83 bits per heavy atom. The van der Waals surface area contributed by atoms with Crippen molar-refractivity contribution in [2.24, 2.45) is 5.92 Å². The first-order valence-corrected chi connectivity index (χ1v) is 4.53. The van der Waals surface area contributed by atoms with E-state index >= 15 is 0 Å². The summed E-state index contributed by atoms with van der Waals surface area (Å²) in [6.07, 6.45) is 4.70. The van der Waals surface area contributed by atoms with Crippen LogP contribution in [0.25, 0.3) is 0 Å². The first-order valence-electron chi connectivity index (χ1n) is 4.53. The van der Waals surface area contributed by atoms with Gasteiger partial charge in [0.1, 0.15) is 0 Å². The Morgan fingerprint density at radius 1 is 1.25 bits per heavy atom. The second-order valence-electron chi connectivity index (χ2n) is 3.87. The number of nitrogens with zero attached hydrogens (tertiary/aromatic N) is 1. The molecule has 1 rings (SSSR count). The van der Waals surface area contributed by atoms with E-state index in [4.69, 9.17) is 0 Å². The number of rotatable bonds is 2. The van der Waals surface area contributed by atoms with Gasteiger partial charge >= 0.3 is 0 Å². The highest BCUT2D eigenvalue weighted by Crippen LogP contribution is 2.24. The van der Waals surface area contributed by atoms with Crippen molar-refractivity contribution in [3.05, 3.63) is 0 Å². The Labute approximate surface area is 81.4 Å². The SMILES string of the molecule is CN(C)CC1CCCCC1O.Cl. The summed E-state index contributed by atoms with van der Waals surface area (Å²) >= 11 is 0. The Kier molecular flexibility index (Phi) is 5.89. The van der Waals surface area contributed by atoms with E-state index in [1.54, 1.807) is 0 Å². The molecule has 12 heavy (non-hydrogen) atoms. The molecule has 0 aromatic rings. The topological polar surface area (TPSA) is 23.5 Å². The standard InChI is InChI=1S/C9H19NO.ClH/c1-10(2)7-8-5-3-4-6-9(8)11;/h8-9,11H,3-7H2,1-2H3;1H. The lowest BCUT2D eigenvalue weighted by Crippen LogP contribution is -2.33. The second-order valence-corrected chi connectivity index (χ2v) is 3.87. The van der Waals surface area contributed by atoms with Crippen LogP contribution in [0.5, 0.6) is 0 Å². The van der Waals surface area contributed by atoms with Gasteiger partial charge in [-0.25, -0.2) is 0 Å². The van der Waals surface area contributed by atoms with E-state index in [9.17, 15) is 5.11 Å². The van der Waals surface area contributed by atoms with Crippen LogP contribution in [0.1, 0.15) is 25.7 Å². The van der Waals surface area contributed by atoms with Crippen LogP contribution in [0.2, 0.25) is 0 Å². The minimum Gasteiger partial charge on any atom is -0.393 e. The molecule has 0 spiro atoms. The summed E-state index contributed by atoms with van der Waals surface area (Å²) in [5.41, 5.74) is 0. The molecule has 0 saturated heterocycles. The molecule has 2 atom stereocenters. The van der Waals surface area contributed by atoms with Crippen molar-refractivity contribution in [1.29, 1.82) is 0 Å². The average Bonchev–Trinajstić information content (AvgIpc) is 1.93. The maximum atomic E-state index is 9.59. The molecule has 2 nitrogen and oxygen atoms in total. The largest absolute Gasteiger partial charge is 0.393 e. The third-order valence-electron chi connectivity index (χ3n) is 2.47. The minimum absolute atomic E-state index is 0. The van der Waals surface area contributed by atoms with Crippen molar-refractivity contribution in [3.63, 3.8) is 0 Å². The van der Waals surface area contributed by atoms with Gasteiger partial charge in [-0.3, -0.25) is 0 Å². The van der Waals surface area contributed by atoms with E-state index in [2.05, 4.69) is 19.0 Å². The van der Waals surface area contributed by atoms with Crippen molar-refractivity contribution in [1.82, 2.24) is 4.90 Å². The summed E-state index contributed by atoms with van der Waals surface area (Å²) in [7, 11) is 4.14. The van der Waals surface area contributed by atoms with E-state index in [0.29, 0.717) is 5.92 Å². The average molecular weight is 194 g/mol. The molecule has 1 aliphatic carbocycles.